The van der Waals surface area contributed by atoms with Crippen LogP contribution in [0.5, 0.6) is 0 Å². The Morgan fingerprint density at radius 3 is 2.11 bits per heavy atom. The van der Waals surface area contributed by atoms with Crippen LogP contribution in [0.2, 0.25) is 0 Å². The van der Waals surface area contributed by atoms with Gasteiger partial charge >= 0.3 is 0 Å². The molecule has 6 aromatic rings. The summed E-state index contributed by atoms with van der Waals surface area (Å²) in [6, 6.07) is 41.5. The molecule has 0 atom stereocenters. The Balaban J connectivity index is 1.48. The summed E-state index contributed by atoms with van der Waals surface area (Å²) in [6.45, 7) is 0. The summed E-state index contributed by atoms with van der Waals surface area (Å²) in [5, 5.41) is 2.62. The van der Waals surface area contributed by atoms with Crippen molar-refractivity contribution in [1.29, 1.82) is 0 Å². The van der Waals surface area contributed by atoms with Gasteiger partial charge in [0.2, 0.25) is 0 Å². The number of hydrogen-bond donors (Lipinski definition) is 0. The largest absolute Gasteiger partial charge is 0.310 e. The van der Waals surface area contributed by atoms with Gasteiger partial charge in [0.05, 0.1) is 0 Å². The number of thiophene rings is 1. The predicted octanol–water partition coefficient (Wildman–Crippen LogP) is 10.7. The molecular formula is C31H22BrNS2. The van der Waals surface area contributed by atoms with E-state index in [0.29, 0.717) is 0 Å². The van der Waals surface area contributed by atoms with E-state index < -0.39 is 0 Å². The van der Waals surface area contributed by atoms with Crippen molar-refractivity contribution in [1.82, 2.24) is 0 Å². The Morgan fingerprint density at radius 1 is 0.629 bits per heavy atom. The maximum atomic E-state index is 3.64. The average molecular weight is 553 g/mol. The van der Waals surface area contributed by atoms with E-state index in [4.69, 9.17) is 0 Å². The van der Waals surface area contributed by atoms with Gasteiger partial charge in [-0.05, 0) is 84.1 Å². The van der Waals surface area contributed by atoms with Crippen molar-refractivity contribution in [3.05, 3.63) is 120 Å². The standard InChI is InChI=1S/C31H22BrNS2/c1-34-29-17-13-22(32)19-27(29)21-11-14-24(15-12-21)33(23-7-3-2-4-8-23)25-16-18-31-28(20-25)26-9-5-6-10-30(26)35-31/h2-20H,1H3. The van der Waals surface area contributed by atoms with Crippen molar-refractivity contribution in [3.8, 4) is 11.1 Å². The molecule has 4 heteroatoms. The van der Waals surface area contributed by atoms with Crippen molar-refractivity contribution in [2.24, 2.45) is 0 Å². The molecule has 35 heavy (non-hydrogen) atoms. The molecule has 5 aromatic carbocycles. The lowest BCUT2D eigenvalue weighted by atomic mass is 10.0. The molecule has 0 aliphatic carbocycles. The number of anilines is 3. The van der Waals surface area contributed by atoms with Crippen molar-refractivity contribution in [2.45, 2.75) is 4.90 Å². The van der Waals surface area contributed by atoms with Gasteiger partial charge in [-0.3, -0.25) is 0 Å². The molecule has 0 aliphatic heterocycles. The van der Waals surface area contributed by atoms with Gasteiger partial charge in [0.1, 0.15) is 0 Å². The number of benzene rings is 5. The SMILES string of the molecule is CSc1ccc(Br)cc1-c1ccc(N(c2ccccc2)c2ccc3sc4ccccc4c3c2)cc1. The van der Waals surface area contributed by atoms with Crippen LogP contribution >= 0.6 is 39.0 Å². The summed E-state index contributed by atoms with van der Waals surface area (Å²) in [6.07, 6.45) is 2.13. The molecule has 0 spiro atoms. The molecule has 0 unspecified atom stereocenters. The smallest absolute Gasteiger partial charge is 0.0468 e. The zero-order chi connectivity index (χ0) is 23.8. The van der Waals surface area contributed by atoms with Crippen LogP contribution in [0.4, 0.5) is 17.1 Å². The third-order valence-electron chi connectivity index (χ3n) is 6.23. The Kier molecular flexibility index (Phi) is 6.11. The average Bonchev–Trinajstić information content (AvgIpc) is 3.28. The first-order valence-electron chi connectivity index (χ1n) is 11.4. The Morgan fingerprint density at radius 2 is 1.31 bits per heavy atom. The number of para-hydroxylation sites is 1. The van der Waals surface area contributed by atoms with Crippen LogP contribution in [0.3, 0.4) is 0 Å². The molecule has 0 aliphatic rings. The van der Waals surface area contributed by atoms with E-state index in [2.05, 4.69) is 142 Å². The van der Waals surface area contributed by atoms with Crippen molar-refractivity contribution < 1.29 is 0 Å². The van der Waals surface area contributed by atoms with Gasteiger partial charge in [-0.2, -0.15) is 0 Å². The second-order valence-corrected chi connectivity index (χ2v) is 11.2. The molecule has 1 nitrogen and oxygen atoms in total. The van der Waals surface area contributed by atoms with Gasteiger partial charge in [-0.1, -0.05) is 64.5 Å². The van der Waals surface area contributed by atoms with Gasteiger partial charge in [-0.25, -0.2) is 0 Å². The van der Waals surface area contributed by atoms with Gasteiger partial charge < -0.3 is 4.90 Å². The lowest BCUT2D eigenvalue weighted by Gasteiger charge is -2.26. The number of halogens is 1. The second kappa shape index (κ2) is 9.54. The van der Waals surface area contributed by atoms with Crippen LogP contribution in [0.25, 0.3) is 31.3 Å². The highest BCUT2D eigenvalue weighted by Crippen LogP contribution is 2.41. The van der Waals surface area contributed by atoms with Gasteiger partial charge in [0, 0.05) is 46.6 Å². The van der Waals surface area contributed by atoms with Crippen LogP contribution in [0.1, 0.15) is 0 Å². The maximum Gasteiger partial charge on any atom is 0.0468 e. The Hall–Kier alpha value is -3.05. The quantitative estimate of drug-likeness (QED) is 0.196. The molecule has 0 radical (unpaired) electrons. The number of fused-ring (bicyclic) bond motifs is 3. The van der Waals surface area contributed by atoms with E-state index in [1.165, 1.54) is 36.2 Å². The molecule has 0 saturated carbocycles. The van der Waals surface area contributed by atoms with E-state index in [0.717, 1.165) is 21.5 Å². The molecule has 0 fully saturated rings. The van der Waals surface area contributed by atoms with Crippen LogP contribution in [-0.4, -0.2) is 6.26 Å². The highest BCUT2D eigenvalue weighted by atomic mass is 79.9. The minimum absolute atomic E-state index is 1.09. The summed E-state index contributed by atoms with van der Waals surface area (Å²) in [5.74, 6) is 0. The Labute approximate surface area is 222 Å². The normalized spacial score (nSPS) is 11.3. The first-order chi connectivity index (χ1) is 17.2. The molecule has 6 rings (SSSR count). The third kappa shape index (κ3) is 4.27. The first-order valence-corrected chi connectivity index (χ1v) is 14.3. The van der Waals surface area contributed by atoms with Crippen LogP contribution in [-0.2, 0) is 0 Å². The summed E-state index contributed by atoms with van der Waals surface area (Å²) < 4.78 is 3.74. The van der Waals surface area contributed by atoms with E-state index >= 15 is 0 Å². The fraction of sp³-hybridized carbons (Fsp3) is 0.0323. The molecule has 0 saturated heterocycles. The predicted molar refractivity (Wildman–Crippen MR) is 159 cm³/mol. The van der Waals surface area contributed by atoms with E-state index in [1.807, 2.05) is 11.3 Å². The fourth-order valence-corrected chi connectivity index (χ4v) is 6.62. The van der Waals surface area contributed by atoms with E-state index in [1.54, 1.807) is 11.8 Å². The van der Waals surface area contributed by atoms with Gasteiger partial charge in [0.25, 0.3) is 0 Å². The number of nitrogens with zero attached hydrogens (tertiary/aromatic N) is 1. The lowest BCUT2D eigenvalue weighted by molar-refractivity contribution is 1.29. The van der Waals surface area contributed by atoms with Crippen molar-refractivity contribution in [3.63, 3.8) is 0 Å². The summed E-state index contributed by atoms with van der Waals surface area (Å²) >= 11 is 7.27. The zero-order valence-electron chi connectivity index (χ0n) is 19.1. The minimum atomic E-state index is 1.09. The third-order valence-corrected chi connectivity index (χ3v) is 8.67. The van der Waals surface area contributed by atoms with Crippen molar-refractivity contribution >= 4 is 76.3 Å². The molecular weight excluding hydrogens is 530 g/mol. The zero-order valence-corrected chi connectivity index (χ0v) is 22.3. The molecule has 1 aromatic heterocycles. The topological polar surface area (TPSA) is 3.24 Å². The van der Waals surface area contributed by atoms with Crippen molar-refractivity contribution in [2.75, 3.05) is 11.2 Å². The molecule has 0 amide bonds. The minimum Gasteiger partial charge on any atom is -0.310 e. The molecule has 0 N–H and O–H groups in total. The van der Waals surface area contributed by atoms with Crippen LogP contribution in [0.15, 0.2) is 125 Å². The maximum absolute atomic E-state index is 3.64. The van der Waals surface area contributed by atoms with Gasteiger partial charge in [0.15, 0.2) is 0 Å². The second-order valence-electron chi connectivity index (χ2n) is 8.34. The van der Waals surface area contributed by atoms with Crippen LogP contribution < -0.4 is 4.90 Å². The fourth-order valence-electron chi connectivity index (χ4n) is 4.57. The highest BCUT2D eigenvalue weighted by molar-refractivity contribution is 9.10. The van der Waals surface area contributed by atoms with E-state index in [9.17, 15) is 0 Å². The molecule has 1 heterocycles. The Bertz CT molecular complexity index is 1640. The molecule has 0 bridgehead atoms. The number of rotatable bonds is 5. The number of thioether (sulfide) groups is 1. The molecule has 170 valence electrons. The monoisotopic (exact) mass is 551 g/mol. The number of hydrogen-bond acceptors (Lipinski definition) is 3. The van der Waals surface area contributed by atoms with Gasteiger partial charge in [-0.15, -0.1) is 23.1 Å². The highest BCUT2D eigenvalue weighted by Gasteiger charge is 2.15. The van der Waals surface area contributed by atoms with Crippen LogP contribution in [0, 0.1) is 0 Å². The first kappa shape index (κ1) is 22.4. The summed E-state index contributed by atoms with van der Waals surface area (Å²) in [5.41, 5.74) is 5.90. The lowest BCUT2D eigenvalue weighted by Crippen LogP contribution is -2.09. The summed E-state index contributed by atoms with van der Waals surface area (Å²) in [4.78, 5) is 3.61. The van der Waals surface area contributed by atoms with E-state index in [-0.39, 0.29) is 0 Å². The summed E-state index contributed by atoms with van der Waals surface area (Å²) in [7, 11) is 0.